The van der Waals surface area contributed by atoms with Crippen LogP contribution in [-0.4, -0.2) is 35.4 Å². The van der Waals surface area contributed by atoms with E-state index in [1.54, 1.807) is 18.9 Å². The Labute approximate surface area is 184 Å². The smallest absolute Gasteiger partial charge is 0.242 e. The molecule has 0 aliphatic heterocycles. The molecule has 2 rings (SSSR count). The van der Waals surface area contributed by atoms with Gasteiger partial charge in [-0.2, -0.15) is 0 Å². The fourth-order valence-corrected chi connectivity index (χ4v) is 3.30. The number of nitrogens with one attached hydrogen (secondary N) is 1. The highest BCUT2D eigenvalue weighted by atomic mass is 35.5. The zero-order chi connectivity index (χ0) is 22.3. The van der Waals surface area contributed by atoms with E-state index in [1.165, 1.54) is 0 Å². The van der Waals surface area contributed by atoms with E-state index in [4.69, 9.17) is 16.3 Å². The lowest BCUT2D eigenvalue weighted by Crippen LogP contribution is -2.52. The quantitative estimate of drug-likeness (QED) is 0.665. The van der Waals surface area contributed by atoms with Gasteiger partial charge in [0.2, 0.25) is 11.8 Å². The van der Waals surface area contributed by atoms with Crippen molar-refractivity contribution in [2.45, 2.75) is 58.7 Å². The molecule has 0 aliphatic rings. The monoisotopic (exact) mass is 430 g/mol. The zero-order valence-corrected chi connectivity index (χ0v) is 19.1. The number of nitrogens with zero attached hydrogens (tertiary/aromatic N) is 1. The van der Waals surface area contributed by atoms with Crippen molar-refractivity contribution in [3.05, 3.63) is 64.7 Å². The predicted octanol–water partition coefficient (Wildman–Crippen LogP) is 4.61. The minimum absolute atomic E-state index is 0.0951. The van der Waals surface area contributed by atoms with Gasteiger partial charge in [-0.15, -0.1) is 0 Å². The van der Waals surface area contributed by atoms with Gasteiger partial charge in [0, 0.05) is 23.5 Å². The Morgan fingerprint density at radius 2 is 1.73 bits per heavy atom. The summed E-state index contributed by atoms with van der Waals surface area (Å²) in [5, 5.41) is 3.61. The van der Waals surface area contributed by atoms with Gasteiger partial charge in [0.1, 0.15) is 11.8 Å². The van der Waals surface area contributed by atoms with Crippen LogP contribution in [0, 0.1) is 0 Å². The van der Waals surface area contributed by atoms with Gasteiger partial charge in [-0.25, -0.2) is 0 Å². The van der Waals surface area contributed by atoms with Crippen LogP contribution in [0.3, 0.4) is 0 Å². The summed E-state index contributed by atoms with van der Waals surface area (Å²) >= 11 is 6.23. The molecule has 0 saturated carbocycles. The van der Waals surface area contributed by atoms with E-state index in [2.05, 4.69) is 5.32 Å². The standard InChI is InChI=1S/C24H31ClN2O3/c1-17(23(29)26-24(2,3)4)27(16-18-10-13-20(30-5)14-11-18)22(28)15-12-19-8-6-7-9-21(19)25/h6-11,13-14,17H,12,15-16H2,1-5H3,(H,26,29)/t17-/m0/s1. The Bertz CT molecular complexity index is 859. The average Bonchev–Trinajstić information content (AvgIpc) is 2.70. The highest BCUT2D eigenvalue weighted by Gasteiger charge is 2.28. The number of hydrogen-bond donors (Lipinski definition) is 1. The van der Waals surface area contributed by atoms with Gasteiger partial charge in [-0.05, 0) is 63.4 Å². The van der Waals surface area contributed by atoms with E-state index >= 15 is 0 Å². The van der Waals surface area contributed by atoms with Gasteiger partial charge in [-0.1, -0.05) is 41.9 Å². The third-order valence-corrected chi connectivity index (χ3v) is 5.11. The number of ether oxygens (including phenoxy) is 1. The number of carbonyl (C=O) groups excluding carboxylic acids is 2. The van der Waals surface area contributed by atoms with Crippen LogP contribution in [0.2, 0.25) is 5.02 Å². The summed E-state index contributed by atoms with van der Waals surface area (Å²) in [5.41, 5.74) is 1.47. The van der Waals surface area contributed by atoms with Crippen LogP contribution in [0.15, 0.2) is 48.5 Å². The second-order valence-electron chi connectivity index (χ2n) is 8.38. The SMILES string of the molecule is COc1ccc(CN(C(=O)CCc2ccccc2Cl)[C@@H](C)C(=O)NC(C)(C)C)cc1. The second-order valence-corrected chi connectivity index (χ2v) is 8.78. The van der Waals surface area contributed by atoms with E-state index in [0.29, 0.717) is 18.0 Å². The molecular weight excluding hydrogens is 400 g/mol. The van der Waals surface area contributed by atoms with Gasteiger partial charge in [-0.3, -0.25) is 9.59 Å². The number of amides is 2. The van der Waals surface area contributed by atoms with Crippen molar-refractivity contribution in [2.75, 3.05) is 7.11 Å². The van der Waals surface area contributed by atoms with E-state index < -0.39 is 6.04 Å². The largest absolute Gasteiger partial charge is 0.497 e. The molecule has 162 valence electrons. The van der Waals surface area contributed by atoms with Crippen molar-refractivity contribution in [2.24, 2.45) is 0 Å². The first-order valence-electron chi connectivity index (χ1n) is 10.1. The minimum Gasteiger partial charge on any atom is -0.497 e. The third-order valence-electron chi connectivity index (χ3n) is 4.74. The van der Waals surface area contributed by atoms with E-state index in [-0.39, 0.29) is 23.8 Å². The Hall–Kier alpha value is -2.53. The molecule has 0 aromatic heterocycles. The average molecular weight is 431 g/mol. The predicted molar refractivity (Wildman–Crippen MR) is 121 cm³/mol. The van der Waals surface area contributed by atoms with E-state index in [0.717, 1.165) is 16.9 Å². The first-order chi connectivity index (χ1) is 14.1. The molecule has 0 aliphatic carbocycles. The molecule has 0 radical (unpaired) electrons. The lowest BCUT2D eigenvalue weighted by atomic mass is 10.1. The van der Waals surface area contributed by atoms with Gasteiger partial charge >= 0.3 is 0 Å². The molecule has 2 amide bonds. The number of aryl methyl sites for hydroxylation is 1. The summed E-state index contributed by atoms with van der Waals surface area (Å²) in [7, 11) is 1.61. The van der Waals surface area contributed by atoms with Crippen LogP contribution in [0.4, 0.5) is 0 Å². The molecule has 2 aromatic carbocycles. The summed E-state index contributed by atoms with van der Waals surface area (Å²) in [6.45, 7) is 7.86. The van der Waals surface area contributed by atoms with Crippen LogP contribution in [-0.2, 0) is 22.6 Å². The minimum atomic E-state index is -0.606. The van der Waals surface area contributed by atoms with Crippen molar-refractivity contribution in [3.8, 4) is 5.75 Å². The maximum atomic E-state index is 13.1. The number of carbonyl (C=O) groups is 2. The summed E-state index contributed by atoms with van der Waals surface area (Å²) < 4.78 is 5.20. The van der Waals surface area contributed by atoms with Crippen LogP contribution < -0.4 is 10.1 Å². The summed E-state index contributed by atoms with van der Waals surface area (Å²) in [6.07, 6.45) is 0.790. The van der Waals surface area contributed by atoms with Crippen LogP contribution in [0.25, 0.3) is 0 Å². The fraction of sp³-hybridized carbons (Fsp3) is 0.417. The normalized spacial score (nSPS) is 12.2. The highest BCUT2D eigenvalue weighted by molar-refractivity contribution is 6.31. The third kappa shape index (κ3) is 7.06. The molecule has 6 heteroatoms. The second kappa shape index (κ2) is 10.5. The lowest BCUT2D eigenvalue weighted by Gasteiger charge is -2.31. The number of hydrogen-bond acceptors (Lipinski definition) is 3. The maximum Gasteiger partial charge on any atom is 0.242 e. The molecule has 1 atom stereocenters. The van der Waals surface area contributed by atoms with Crippen molar-refractivity contribution < 1.29 is 14.3 Å². The van der Waals surface area contributed by atoms with Gasteiger partial charge in [0.25, 0.3) is 0 Å². The van der Waals surface area contributed by atoms with Crippen molar-refractivity contribution >= 4 is 23.4 Å². The number of methoxy groups -OCH3 is 1. The maximum absolute atomic E-state index is 13.1. The van der Waals surface area contributed by atoms with Crippen molar-refractivity contribution in [3.63, 3.8) is 0 Å². The molecule has 0 saturated heterocycles. The van der Waals surface area contributed by atoms with Crippen LogP contribution >= 0.6 is 11.6 Å². The van der Waals surface area contributed by atoms with Gasteiger partial charge in [0.05, 0.1) is 7.11 Å². The first kappa shape index (κ1) is 23.7. The molecule has 0 heterocycles. The molecule has 2 aromatic rings. The topological polar surface area (TPSA) is 58.6 Å². The Balaban J connectivity index is 2.18. The fourth-order valence-electron chi connectivity index (χ4n) is 3.07. The lowest BCUT2D eigenvalue weighted by molar-refractivity contribution is -0.141. The molecule has 1 N–H and O–H groups in total. The molecule has 5 nitrogen and oxygen atoms in total. The van der Waals surface area contributed by atoms with Crippen LogP contribution in [0.1, 0.15) is 45.2 Å². The molecule has 0 spiro atoms. The molecular formula is C24H31ClN2O3. The zero-order valence-electron chi connectivity index (χ0n) is 18.4. The van der Waals surface area contributed by atoms with Gasteiger partial charge in [0.15, 0.2) is 0 Å². The highest BCUT2D eigenvalue weighted by Crippen LogP contribution is 2.19. The molecule has 0 fully saturated rings. The summed E-state index contributed by atoms with van der Waals surface area (Å²) in [4.78, 5) is 27.5. The van der Waals surface area contributed by atoms with Gasteiger partial charge < -0.3 is 15.0 Å². The number of benzene rings is 2. The molecule has 0 unspecified atom stereocenters. The number of rotatable bonds is 8. The first-order valence-corrected chi connectivity index (χ1v) is 10.5. The van der Waals surface area contributed by atoms with E-state index in [9.17, 15) is 9.59 Å². The molecule has 0 bridgehead atoms. The van der Waals surface area contributed by atoms with E-state index in [1.807, 2.05) is 69.3 Å². The Kier molecular flexibility index (Phi) is 8.30. The Morgan fingerprint density at radius 3 is 2.30 bits per heavy atom. The van der Waals surface area contributed by atoms with Crippen molar-refractivity contribution in [1.82, 2.24) is 10.2 Å². The summed E-state index contributed by atoms with van der Waals surface area (Å²) in [5.74, 6) is 0.471. The van der Waals surface area contributed by atoms with Crippen molar-refractivity contribution in [1.29, 1.82) is 0 Å². The number of halogens is 1. The Morgan fingerprint density at radius 1 is 1.10 bits per heavy atom. The van der Waals surface area contributed by atoms with Crippen LogP contribution in [0.5, 0.6) is 5.75 Å². The summed E-state index contributed by atoms with van der Waals surface area (Å²) in [6, 6.07) is 14.4. The molecule has 30 heavy (non-hydrogen) atoms.